The SMILES string of the molecule is C[Si](C)(C)C#Cc1cc(C#N)c(Cl)cc1NCC(O)CCl. The summed E-state index contributed by atoms with van der Waals surface area (Å²) in [5.74, 6) is 3.27. The first kappa shape index (κ1) is 17.9. The molecule has 0 saturated carbocycles. The molecule has 0 fully saturated rings. The Morgan fingerprint density at radius 2 is 2.00 bits per heavy atom. The summed E-state index contributed by atoms with van der Waals surface area (Å²) >= 11 is 11.6. The van der Waals surface area contributed by atoms with Crippen molar-refractivity contribution in [2.75, 3.05) is 17.7 Å². The second-order valence-electron chi connectivity index (χ2n) is 5.68. The van der Waals surface area contributed by atoms with Gasteiger partial charge in [0.2, 0.25) is 0 Å². The number of benzene rings is 1. The van der Waals surface area contributed by atoms with Crippen LogP contribution in [0.2, 0.25) is 24.7 Å². The minimum absolute atomic E-state index is 0.146. The number of alkyl halides is 1. The molecule has 1 aromatic carbocycles. The second kappa shape index (κ2) is 7.73. The average molecular weight is 341 g/mol. The Kier molecular flexibility index (Phi) is 6.58. The van der Waals surface area contributed by atoms with Crippen molar-refractivity contribution in [1.82, 2.24) is 0 Å². The first-order chi connectivity index (χ1) is 9.76. The predicted octanol–water partition coefficient (Wildman–Crippen LogP) is 3.45. The average Bonchev–Trinajstić information content (AvgIpc) is 2.42. The first-order valence-corrected chi connectivity index (χ1v) is 10.9. The van der Waals surface area contributed by atoms with E-state index in [0.29, 0.717) is 28.4 Å². The third-order valence-corrected chi connectivity index (χ3v) is 4.05. The van der Waals surface area contributed by atoms with Crippen molar-refractivity contribution in [2.45, 2.75) is 25.7 Å². The maximum Gasteiger partial charge on any atom is 0.129 e. The molecule has 0 aliphatic heterocycles. The highest BCUT2D eigenvalue weighted by Crippen LogP contribution is 2.25. The summed E-state index contributed by atoms with van der Waals surface area (Å²) in [6.45, 7) is 6.73. The number of aliphatic hydroxyl groups is 1. The third kappa shape index (κ3) is 5.99. The van der Waals surface area contributed by atoms with Crippen LogP contribution in [0, 0.1) is 22.8 Å². The van der Waals surface area contributed by atoms with Crippen molar-refractivity contribution in [3.63, 3.8) is 0 Å². The van der Waals surface area contributed by atoms with Crippen LogP contribution in [0.3, 0.4) is 0 Å². The van der Waals surface area contributed by atoms with E-state index in [9.17, 15) is 5.11 Å². The molecule has 0 aromatic heterocycles. The van der Waals surface area contributed by atoms with Gasteiger partial charge in [-0.3, -0.25) is 0 Å². The standard InChI is InChI=1S/C15H18Cl2N2OSi/c1-21(2,3)5-4-11-6-12(9-18)14(17)7-15(11)19-10-13(20)8-16/h6-7,13,19-20H,8,10H2,1-3H3. The van der Waals surface area contributed by atoms with Gasteiger partial charge in [-0.1, -0.05) is 37.2 Å². The van der Waals surface area contributed by atoms with E-state index >= 15 is 0 Å². The molecule has 0 aliphatic carbocycles. The number of hydrogen-bond donors (Lipinski definition) is 2. The molecule has 0 amide bonds. The molecule has 0 spiro atoms. The molecule has 6 heteroatoms. The molecule has 2 N–H and O–H groups in total. The Morgan fingerprint density at radius 3 is 2.52 bits per heavy atom. The molecule has 3 nitrogen and oxygen atoms in total. The lowest BCUT2D eigenvalue weighted by atomic mass is 10.1. The van der Waals surface area contributed by atoms with Gasteiger partial charge in [0.15, 0.2) is 0 Å². The fraction of sp³-hybridized carbons (Fsp3) is 0.400. The lowest BCUT2D eigenvalue weighted by Crippen LogP contribution is -2.21. The van der Waals surface area contributed by atoms with Gasteiger partial charge in [-0.25, -0.2) is 0 Å². The van der Waals surface area contributed by atoms with Crippen LogP contribution < -0.4 is 5.32 Å². The quantitative estimate of drug-likeness (QED) is 0.501. The molecule has 1 rings (SSSR count). The van der Waals surface area contributed by atoms with E-state index in [4.69, 9.17) is 28.5 Å². The summed E-state index contributed by atoms with van der Waals surface area (Å²) in [7, 11) is -1.53. The Labute approximate surface area is 136 Å². The normalized spacial score (nSPS) is 12.0. The highest BCUT2D eigenvalue weighted by Gasteiger charge is 2.11. The lowest BCUT2D eigenvalue weighted by molar-refractivity contribution is 0.211. The monoisotopic (exact) mass is 340 g/mol. The summed E-state index contributed by atoms with van der Waals surface area (Å²) in [5.41, 5.74) is 5.06. The Bertz CT molecular complexity index is 609. The molecular formula is C15H18Cl2N2OSi. The topological polar surface area (TPSA) is 56.0 Å². The maximum absolute atomic E-state index is 9.53. The maximum atomic E-state index is 9.53. The number of nitrogens with one attached hydrogen (secondary N) is 1. The van der Waals surface area contributed by atoms with E-state index in [-0.39, 0.29) is 5.88 Å². The van der Waals surface area contributed by atoms with E-state index < -0.39 is 14.2 Å². The van der Waals surface area contributed by atoms with Crippen LogP contribution in [0.5, 0.6) is 0 Å². The zero-order valence-corrected chi connectivity index (χ0v) is 14.8. The van der Waals surface area contributed by atoms with Crippen molar-refractivity contribution < 1.29 is 5.11 Å². The first-order valence-electron chi connectivity index (χ1n) is 6.51. The van der Waals surface area contributed by atoms with E-state index in [0.717, 1.165) is 0 Å². The highest BCUT2D eigenvalue weighted by molar-refractivity contribution is 6.83. The minimum atomic E-state index is -1.53. The Morgan fingerprint density at radius 1 is 1.33 bits per heavy atom. The number of aliphatic hydroxyl groups excluding tert-OH is 1. The highest BCUT2D eigenvalue weighted by atomic mass is 35.5. The molecule has 0 bridgehead atoms. The molecule has 1 aromatic rings. The van der Waals surface area contributed by atoms with Crippen molar-refractivity contribution in [3.05, 3.63) is 28.3 Å². The van der Waals surface area contributed by atoms with Crippen LogP contribution in [0.1, 0.15) is 11.1 Å². The van der Waals surface area contributed by atoms with Crippen molar-refractivity contribution >= 4 is 37.0 Å². The van der Waals surface area contributed by atoms with Crippen LogP contribution in [0.25, 0.3) is 0 Å². The van der Waals surface area contributed by atoms with Crippen molar-refractivity contribution in [1.29, 1.82) is 5.26 Å². The number of halogens is 2. The molecule has 21 heavy (non-hydrogen) atoms. The van der Waals surface area contributed by atoms with Crippen molar-refractivity contribution in [2.24, 2.45) is 0 Å². The van der Waals surface area contributed by atoms with Gasteiger partial charge in [-0.2, -0.15) is 5.26 Å². The van der Waals surface area contributed by atoms with Gasteiger partial charge < -0.3 is 10.4 Å². The molecule has 0 radical (unpaired) electrons. The van der Waals surface area contributed by atoms with E-state index in [1.165, 1.54) is 0 Å². The van der Waals surface area contributed by atoms with Gasteiger partial charge in [0.25, 0.3) is 0 Å². The Balaban J connectivity index is 3.17. The smallest absolute Gasteiger partial charge is 0.129 e. The predicted molar refractivity (Wildman–Crippen MR) is 91.6 cm³/mol. The van der Waals surface area contributed by atoms with Crippen LogP contribution in [-0.2, 0) is 0 Å². The summed E-state index contributed by atoms with van der Waals surface area (Å²) in [6, 6.07) is 5.38. The molecule has 0 heterocycles. The van der Waals surface area contributed by atoms with E-state index in [2.05, 4.69) is 36.4 Å². The number of hydrogen-bond acceptors (Lipinski definition) is 3. The van der Waals surface area contributed by atoms with Crippen LogP contribution in [0.4, 0.5) is 5.69 Å². The fourth-order valence-corrected chi connectivity index (χ4v) is 2.27. The molecule has 1 unspecified atom stereocenters. The zero-order valence-electron chi connectivity index (χ0n) is 12.3. The summed E-state index contributed by atoms with van der Waals surface area (Å²) < 4.78 is 0. The van der Waals surface area contributed by atoms with Gasteiger partial charge in [0.05, 0.1) is 28.3 Å². The number of nitrogens with zero attached hydrogens (tertiary/aromatic N) is 1. The minimum Gasteiger partial charge on any atom is -0.390 e. The zero-order chi connectivity index (χ0) is 16.0. The second-order valence-corrected chi connectivity index (χ2v) is 11.1. The fourth-order valence-electron chi connectivity index (χ4n) is 1.45. The van der Waals surface area contributed by atoms with Gasteiger partial charge in [-0.15, -0.1) is 17.1 Å². The van der Waals surface area contributed by atoms with Crippen molar-refractivity contribution in [3.8, 4) is 17.5 Å². The summed E-state index contributed by atoms with van der Waals surface area (Å²) in [6.07, 6.45) is -0.654. The van der Waals surface area contributed by atoms with Gasteiger partial charge in [0.1, 0.15) is 14.1 Å². The van der Waals surface area contributed by atoms with Gasteiger partial charge in [-0.05, 0) is 12.1 Å². The number of rotatable bonds is 4. The number of nitriles is 1. The largest absolute Gasteiger partial charge is 0.390 e. The summed E-state index contributed by atoms with van der Waals surface area (Å²) in [4.78, 5) is 0. The molecule has 1 atom stereocenters. The van der Waals surface area contributed by atoms with E-state index in [1.54, 1.807) is 12.1 Å². The van der Waals surface area contributed by atoms with Crippen LogP contribution in [0.15, 0.2) is 12.1 Å². The molecule has 0 aliphatic rings. The molecule has 112 valence electrons. The number of anilines is 1. The summed E-state index contributed by atoms with van der Waals surface area (Å²) in [5, 5.41) is 22.0. The molecule has 0 saturated heterocycles. The third-order valence-electron chi connectivity index (χ3n) is 2.51. The van der Waals surface area contributed by atoms with Gasteiger partial charge in [0, 0.05) is 12.1 Å². The van der Waals surface area contributed by atoms with E-state index in [1.807, 2.05) is 6.07 Å². The molecular weight excluding hydrogens is 323 g/mol. The Hall–Kier alpha value is -1.17. The van der Waals surface area contributed by atoms with Gasteiger partial charge >= 0.3 is 0 Å². The van der Waals surface area contributed by atoms with Crippen LogP contribution >= 0.6 is 23.2 Å². The van der Waals surface area contributed by atoms with Crippen LogP contribution in [-0.4, -0.2) is 31.7 Å². The lowest BCUT2D eigenvalue weighted by Gasteiger charge is -2.13.